The summed E-state index contributed by atoms with van der Waals surface area (Å²) in [5.41, 5.74) is 2.99. The Morgan fingerprint density at radius 3 is 2.52 bits per heavy atom. The SMILES string of the molecule is Cc1ccc(Oc2ncccc2C(C)O)c(C(C)(C)C)c1. The average molecular weight is 285 g/mol. The van der Waals surface area contributed by atoms with Crippen molar-refractivity contribution in [1.29, 1.82) is 0 Å². The van der Waals surface area contributed by atoms with E-state index >= 15 is 0 Å². The lowest BCUT2D eigenvalue weighted by Gasteiger charge is -2.23. The van der Waals surface area contributed by atoms with Gasteiger partial charge in [0.2, 0.25) is 5.88 Å². The molecule has 0 fully saturated rings. The number of rotatable bonds is 3. The standard InChI is InChI=1S/C18H23NO2/c1-12-8-9-16(15(11-12)18(3,4)5)21-17-14(13(2)20)7-6-10-19-17/h6-11,13,20H,1-5H3. The van der Waals surface area contributed by atoms with Crippen LogP contribution in [0.25, 0.3) is 0 Å². The van der Waals surface area contributed by atoms with Gasteiger partial charge in [-0.15, -0.1) is 0 Å². The molecule has 0 amide bonds. The molecule has 2 aromatic rings. The van der Waals surface area contributed by atoms with Crippen molar-refractivity contribution in [3.8, 4) is 11.6 Å². The summed E-state index contributed by atoms with van der Waals surface area (Å²) < 4.78 is 6.01. The normalized spacial score (nSPS) is 13.0. The molecule has 1 unspecified atom stereocenters. The summed E-state index contributed by atoms with van der Waals surface area (Å²) in [6.45, 7) is 10.2. The van der Waals surface area contributed by atoms with Gasteiger partial charge in [0.15, 0.2) is 0 Å². The van der Waals surface area contributed by atoms with Gasteiger partial charge in [-0.3, -0.25) is 0 Å². The molecule has 1 aromatic carbocycles. The summed E-state index contributed by atoms with van der Waals surface area (Å²) in [6.07, 6.45) is 1.06. The molecule has 0 aliphatic carbocycles. The van der Waals surface area contributed by atoms with Crippen LogP contribution in [0, 0.1) is 6.92 Å². The van der Waals surface area contributed by atoms with Crippen LogP contribution in [-0.2, 0) is 5.41 Å². The van der Waals surface area contributed by atoms with E-state index in [1.165, 1.54) is 5.56 Å². The topological polar surface area (TPSA) is 42.4 Å². The first kappa shape index (κ1) is 15.5. The molecule has 21 heavy (non-hydrogen) atoms. The summed E-state index contributed by atoms with van der Waals surface area (Å²) in [4.78, 5) is 4.26. The van der Waals surface area contributed by atoms with Gasteiger partial charge in [0.1, 0.15) is 5.75 Å². The average Bonchev–Trinajstić information content (AvgIpc) is 2.40. The minimum atomic E-state index is -0.614. The molecular formula is C18H23NO2. The fourth-order valence-electron chi connectivity index (χ4n) is 2.23. The molecule has 3 heteroatoms. The monoisotopic (exact) mass is 285 g/mol. The summed E-state index contributed by atoms with van der Waals surface area (Å²) in [7, 11) is 0. The molecule has 1 heterocycles. The number of aliphatic hydroxyl groups excluding tert-OH is 1. The molecule has 1 atom stereocenters. The molecule has 0 bridgehead atoms. The van der Waals surface area contributed by atoms with E-state index in [9.17, 15) is 5.11 Å². The smallest absolute Gasteiger partial charge is 0.225 e. The number of hydrogen-bond acceptors (Lipinski definition) is 3. The molecule has 0 aliphatic heterocycles. The molecule has 0 aliphatic rings. The van der Waals surface area contributed by atoms with E-state index in [4.69, 9.17) is 4.74 Å². The van der Waals surface area contributed by atoms with Crippen molar-refractivity contribution in [2.24, 2.45) is 0 Å². The first-order chi connectivity index (χ1) is 9.79. The molecule has 3 nitrogen and oxygen atoms in total. The van der Waals surface area contributed by atoms with E-state index in [0.717, 1.165) is 11.3 Å². The molecule has 0 saturated carbocycles. The predicted molar refractivity (Wildman–Crippen MR) is 84.8 cm³/mol. The summed E-state index contributed by atoms with van der Waals surface area (Å²) in [5, 5.41) is 9.84. The highest BCUT2D eigenvalue weighted by molar-refractivity contribution is 5.44. The summed E-state index contributed by atoms with van der Waals surface area (Å²) in [5.74, 6) is 1.25. The third-order valence-electron chi connectivity index (χ3n) is 3.40. The Labute approximate surface area is 126 Å². The van der Waals surface area contributed by atoms with Gasteiger partial charge in [-0.1, -0.05) is 38.5 Å². The van der Waals surface area contributed by atoms with Crippen LogP contribution in [0.5, 0.6) is 11.6 Å². The predicted octanol–water partition coefficient (Wildman–Crippen LogP) is 4.53. The van der Waals surface area contributed by atoms with Crippen molar-refractivity contribution in [2.45, 2.75) is 46.1 Å². The number of benzene rings is 1. The van der Waals surface area contributed by atoms with Crippen molar-refractivity contribution < 1.29 is 9.84 Å². The van der Waals surface area contributed by atoms with Gasteiger partial charge in [0.05, 0.1) is 6.10 Å². The fraction of sp³-hybridized carbons (Fsp3) is 0.389. The fourth-order valence-corrected chi connectivity index (χ4v) is 2.23. The Kier molecular flexibility index (Phi) is 4.33. The Morgan fingerprint density at radius 1 is 1.19 bits per heavy atom. The van der Waals surface area contributed by atoms with Gasteiger partial charge in [-0.25, -0.2) is 4.98 Å². The summed E-state index contributed by atoms with van der Waals surface area (Å²) in [6, 6.07) is 9.76. The zero-order chi connectivity index (χ0) is 15.6. The van der Waals surface area contributed by atoms with Gasteiger partial charge in [-0.2, -0.15) is 0 Å². The van der Waals surface area contributed by atoms with Gasteiger partial charge < -0.3 is 9.84 Å². The second-order valence-electron chi connectivity index (χ2n) is 6.43. The van der Waals surface area contributed by atoms with Crippen molar-refractivity contribution >= 4 is 0 Å². The number of nitrogens with zero attached hydrogens (tertiary/aromatic N) is 1. The Bertz CT molecular complexity index is 627. The molecule has 2 rings (SSSR count). The van der Waals surface area contributed by atoms with Gasteiger partial charge in [0.25, 0.3) is 0 Å². The molecule has 112 valence electrons. The van der Waals surface area contributed by atoms with Crippen molar-refractivity contribution in [3.05, 3.63) is 53.2 Å². The Balaban J connectivity index is 2.46. The maximum absolute atomic E-state index is 9.84. The van der Waals surface area contributed by atoms with Gasteiger partial charge in [0, 0.05) is 17.3 Å². The number of aromatic nitrogens is 1. The maximum Gasteiger partial charge on any atom is 0.225 e. The van der Waals surface area contributed by atoms with Crippen molar-refractivity contribution in [1.82, 2.24) is 4.98 Å². The number of hydrogen-bond donors (Lipinski definition) is 1. The van der Waals surface area contributed by atoms with E-state index in [-0.39, 0.29) is 5.41 Å². The lowest BCUT2D eigenvalue weighted by atomic mass is 9.85. The van der Waals surface area contributed by atoms with Gasteiger partial charge in [-0.05, 0) is 37.5 Å². The van der Waals surface area contributed by atoms with E-state index in [2.05, 4.69) is 38.7 Å². The van der Waals surface area contributed by atoms with E-state index < -0.39 is 6.10 Å². The number of aryl methyl sites for hydroxylation is 1. The highest BCUT2D eigenvalue weighted by Crippen LogP contribution is 2.36. The van der Waals surface area contributed by atoms with Crippen LogP contribution in [-0.4, -0.2) is 10.1 Å². The zero-order valence-electron chi connectivity index (χ0n) is 13.3. The van der Waals surface area contributed by atoms with Crippen LogP contribution in [0.2, 0.25) is 0 Å². The number of pyridine rings is 1. The second-order valence-corrected chi connectivity index (χ2v) is 6.43. The number of aliphatic hydroxyl groups is 1. The summed E-state index contributed by atoms with van der Waals surface area (Å²) >= 11 is 0. The largest absolute Gasteiger partial charge is 0.438 e. The molecule has 1 N–H and O–H groups in total. The van der Waals surface area contributed by atoms with Gasteiger partial charge >= 0.3 is 0 Å². The van der Waals surface area contributed by atoms with Crippen LogP contribution in [0.1, 0.15) is 50.5 Å². The first-order valence-electron chi connectivity index (χ1n) is 7.21. The van der Waals surface area contributed by atoms with E-state index in [0.29, 0.717) is 11.4 Å². The van der Waals surface area contributed by atoms with Crippen LogP contribution < -0.4 is 4.74 Å². The lowest BCUT2D eigenvalue weighted by Crippen LogP contribution is -2.13. The second kappa shape index (κ2) is 5.86. The van der Waals surface area contributed by atoms with Crippen LogP contribution in [0.15, 0.2) is 36.5 Å². The minimum Gasteiger partial charge on any atom is -0.438 e. The zero-order valence-corrected chi connectivity index (χ0v) is 13.3. The van der Waals surface area contributed by atoms with Crippen LogP contribution in [0.4, 0.5) is 0 Å². The Morgan fingerprint density at radius 2 is 1.90 bits per heavy atom. The van der Waals surface area contributed by atoms with Crippen molar-refractivity contribution in [2.75, 3.05) is 0 Å². The highest BCUT2D eigenvalue weighted by Gasteiger charge is 2.21. The quantitative estimate of drug-likeness (QED) is 0.900. The third-order valence-corrected chi connectivity index (χ3v) is 3.40. The third kappa shape index (κ3) is 3.61. The number of ether oxygens (including phenoxy) is 1. The molecular weight excluding hydrogens is 262 g/mol. The minimum absolute atomic E-state index is 0.0267. The van der Waals surface area contributed by atoms with E-state index in [1.54, 1.807) is 19.2 Å². The maximum atomic E-state index is 9.84. The molecule has 1 aromatic heterocycles. The van der Waals surface area contributed by atoms with E-state index in [1.807, 2.05) is 18.2 Å². The van der Waals surface area contributed by atoms with Crippen LogP contribution in [0.3, 0.4) is 0 Å². The van der Waals surface area contributed by atoms with Crippen molar-refractivity contribution in [3.63, 3.8) is 0 Å². The molecule has 0 radical (unpaired) electrons. The van der Waals surface area contributed by atoms with Crippen LogP contribution >= 0.6 is 0 Å². The molecule has 0 spiro atoms. The first-order valence-corrected chi connectivity index (χ1v) is 7.21. The highest BCUT2D eigenvalue weighted by atomic mass is 16.5. The Hall–Kier alpha value is -1.87. The molecule has 0 saturated heterocycles. The lowest BCUT2D eigenvalue weighted by molar-refractivity contribution is 0.194.